The third kappa shape index (κ3) is 9.30. The van der Waals surface area contributed by atoms with E-state index in [1.54, 1.807) is 0 Å². The maximum atomic E-state index is 4.36. The summed E-state index contributed by atoms with van der Waals surface area (Å²) in [4.78, 5) is 21.1. The van der Waals surface area contributed by atoms with Crippen LogP contribution in [0, 0.1) is 26.8 Å². The van der Waals surface area contributed by atoms with Gasteiger partial charge in [-0.1, -0.05) is 44.0 Å². The van der Waals surface area contributed by atoms with E-state index in [-0.39, 0.29) is 58.9 Å². The molecule has 1 atom stereocenters. The molecule has 62 heavy (non-hydrogen) atoms. The summed E-state index contributed by atoms with van der Waals surface area (Å²) in [6, 6.07) is 7.75. The van der Waals surface area contributed by atoms with Crippen molar-refractivity contribution in [2.24, 2.45) is 0 Å². The third-order valence-electron chi connectivity index (χ3n) is 12.6. The summed E-state index contributed by atoms with van der Waals surface area (Å²) in [5.41, 5.74) is 18.9. The number of benzene rings is 3. The zero-order valence-electron chi connectivity index (χ0n) is 42.9. The van der Waals surface area contributed by atoms with Crippen LogP contribution in [0.3, 0.4) is 0 Å². The van der Waals surface area contributed by atoms with Gasteiger partial charge in [-0.05, 0) is 53.0 Å². The van der Waals surface area contributed by atoms with Gasteiger partial charge in [0.2, 0.25) is 0 Å². The maximum Gasteiger partial charge on any atom is 4.00 e. The Hall–Kier alpha value is -2.86. The predicted octanol–water partition coefficient (Wildman–Crippen LogP) is -2.45. The fourth-order valence-electron chi connectivity index (χ4n) is 10.4. The normalized spacial score (nSPS) is 14.4. The van der Waals surface area contributed by atoms with E-state index in [0.717, 1.165) is 0 Å². The topological polar surface area (TPSA) is 29.2 Å². The zero-order chi connectivity index (χ0) is 44.4. The maximum absolute atomic E-state index is 4.36. The van der Waals surface area contributed by atoms with Gasteiger partial charge in [0.1, 0.15) is 0 Å². The van der Waals surface area contributed by atoms with Crippen molar-refractivity contribution < 1.29 is 58.9 Å². The Labute approximate surface area is 413 Å². The van der Waals surface area contributed by atoms with Crippen LogP contribution < -0.4 is 96.9 Å². The predicted molar refractivity (Wildman–Crippen MR) is 266 cm³/mol. The fraction of sp³-hybridized carbons (Fsp3) is 0.542. The minimum Gasteiger partial charge on any atom is -1.00 e. The first-order valence-electron chi connectivity index (χ1n) is 20.5. The van der Waals surface area contributed by atoms with Crippen LogP contribution in [0.5, 0.6) is 0 Å². The van der Waals surface area contributed by atoms with Crippen LogP contribution in [-0.4, -0.2) is 135 Å². The average molecular weight is 964 g/mol. The number of hydrogen-bond acceptors (Lipinski definition) is 9. The second-order valence-corrected chi connectivity index (χ2v) is 22.9. The van der Waals surface area contributed by atoms with E-state index < -0.39 is 13.1 Å². The summed E-state index contributed by atoms with van der Waals surface area (Å²) in [6.45, 7) is 16.5. The third-order valence-corrected chi connectivity index (χ3v) is 18.2. The molecule has 3 aromatic carbocycles. The van der Waals surface area contributed by atoms with Gasteiger partial charge in [-0.3, -0.25) is 6.08 Å². The number of aryl methyl sites for hydroxylation is 3. The number of rotatable bonds is 13. The summed E-state index contributed by atoms with van der Waals surface area (Å²) in [6.07, 6.45) is 4.36. The van der Waals surface area contributed by atoms with Crippen molar-refractivity contribution in [2.45, 2.75) is 53.5 Å². The number of anilines is 9. The van der Waals surface area contributed by atoms with Crippen molar-refractivity contribution in [3.05, 3.63) is 57.7 Å². The standard InChI is InChI=1S/C48H78N9Si.3ClH.Ti/c1-30-26-36(42(52(14)15)45(55(20)21)39(30)49(8)9)58(48(7)29-33(4)34(5)35(48)6,37-27-31(2)40(50(10)11)46(56(22)23)43(37)53(16)17)38-28-32(3)41(51(12)13)47(57(24)25)44(38)54(18)19;;;;/h26-28H,1-25H3;3*1H;/q-1;;;;+4/p-3. The quantitative estimate of drug-likeness (QED) is 0.105. The Morgan fingerprint density at radius 2 is 0.581 bits per heavy atom. The van der Waals surface area contributed by atoms with Gasteiger partial charge in [-0.2, -0.15) is 11.1 Å². The molecule has 0 heterocycles. The van der Waals surface area contributed by atoms with Crippen LogP contribution in [0.25, 0.3) is 0 Å². The Bertz CT molecular complexity index is 1950. The molecular weight excluding hydrogens is 885 g/mol. The molecule has 1 aliphatic carbocycles. The van der Waals surface area contributed by atoms with Crippen LogP contribution in [0.15, 0.2) is 34.9 Å². The van der Waals surface area contributed by atoms with Crippen molar-refractivity contribution in [3.8, 4) is 0 Å². The first-order valence-corrected chi connectivity index (χ1v) is 22.5. The van der Waals surface area contributed by atoms with Crippen LogP contribution in [0.2, 0.25) is 5.04 Å². The van der Waals surface area contributed by atoms with Crippen molar-refractivity contribution in [3.63, 3.8) is 0 Å². The monoisotopic (exact) mass is 961 g/mol. The molecule has 0 aliphatic heterocycles. The summed E-state index contributed by atoms with van der Waals surface area (Å²) in [5, 5.41) is 3.63. The Balaban J connectivity index is 0.00000930. The molecule has 9 nitrogen and oxygen atoms in total. The molecular formula is C48H78Cl3N9SiTi. The molecule has 344 valence electrons. The minimum atomic E-state index is -3.53. The van der Waals surface area contributed by atoms with E-state index in [1.807, 2.05) is 0 Å². The van der Waals surface area contributed by atoms with Gasteiger partial charge in [-0.15, -0.1) is 6.92 Å². The first-order chi connectivity index (χ1) is 26.6. The molecule has 0 N–H and O–H groups in total. The molecule has 0 aromatic heterocycles. The molecule has 0 saturated heterocycles. The van der Waals surface area contributed by atoms with E-state index in [4.69, 9.17) is 0 Å². The second-order valence-electron chi connectivity index (χ2n) is 18.8. The molecule has 0 spiro atoms. The second kappa shape index (κ2) is 21.4. The number of hydrogen-bond donors (Lipinski definition) is 0. The average Bonchev–Trinajstić information content (AvgIpc) is 3.28. The molecule has 1 aliphatic rings. The van der Waals surface area contributed by atoms with E-state index in [1.165, 1.54) is 100 Å². The molecule has 0 amide bonds. The Morgan fingerprint density at radius 3 is 0.742 bits per heavy atom. The summed E-state index contributed by atoms with van der Waals surface area (Å²) < 4.78 is 0. The van der Waals surface area contributed by atoms with Gasteiger partial charge in [0.05, 0.1) is 51.2 Å². The van der Waals surface area contributed by atoms with Gasteiger partial charge in [0.25, 0.3) is 0 Å². The van der Waals surface area contributed by atoms with Crippen molar-refractivity contribution >= 4 is 74.8 Å². The van der Waals surface area contributed by atoms with Crippen LogP contribution >= 0.6 is 0 Å². The van der Waals surface area contributed by atoms with E-state index in [2.05, 4.69) is 244 Å². The molecule has 0 saturated carbocycles. The number of nitrogens with zero attached hydrogens (tertiary/aromatic N) is 9. The van der Waals surface area contributed by atoms with Crippen molar-refractivity contribution in [2.75, 3.05) is 171 Å². The largest absolute Gasteiger partial charge is 4.00 e. The Morgan fingerprint density at radius 1 is 0.371 bits per heavy atom. The van der Waals surface area contributed by atoms with E-state index >= 15 is 0 Å². The zero-order valence-corrected chi connectivity index (χ0v) is 47.7. The van der Waals surface area contributed by atoms with Crippen LogP contribution in [0.1, 0.15) is 44.4 Å². The van der Waals surface area contributed by atoms with Gasteiger partial charge in [-0.25, -0.2) is 5.57 Å². The Kier molecular flexibility index (Phi) is 20.4. The van der Waals surface area contributed by atoms with E-state index in [0.29, 0.717) is 0 Å². The van der Waals surface area contributed by atoms with Crippen molar-refractivity contribution in [1.82, 2.24) is 0 Å². The molecule has 4 rings (SSSR count). The fourth-order valence-corrected chi connectivity index (χ4v) is 17.4. The van der Waals surface area contributed by atoms with Crippen LogP contribution in [0.4, 0.5) is 51.2 Å². The minimum absolute atomic E-state index is 0. The van der Waals surface area contributed by atoms with Crippen molar-refractivity contribution in [1.29, 1.82) is 0 Å². The summed E-state index contributed by atoms with van der Waals surface area (Å²) in [5.74, 6) is 0. The molecule has 0 bridgehead atoms. The van der Waals surface area contributed by atoms with Crippen LogP contribution in [-0.2, 0) is 21.7 Å². The summed E-state index contributed by atoms with van der Waals surface area (Å²) >= 11 is 0. The summed E-state index contributed by atoms with van der Waals surface area (Å²) in [7, 11) is 36.3. The van der Waals surface area contributed by atoms with Gasteiger partial charge in [0, 0.05) is 127 Å². The molecule has 0 radical (unpaired) electrons. The molecule has 1 unspecified atom stereocenters. The first kappa shape index (κ1) is 59.1. The smallest absolute Gasteiger partial charge is 1.00 e. The SMILES string of the molecule is CC1=[C-]C(C)([Si](c2cc(C)c(N(C)C)c(N(C)C)c2N(C)C)(c2cc(C)c(N(C)C)c(N(C)C)c2N(C)C)c2cc(C)c(N(C)C)c(N(C)C)c2N(C)C)C(C)=C1C.[Cl-].[Cl-].[Cl-].[Ti+4]. The number of allylic oxidation sites excluding steroid dienone is 4. The number of halogens is 3. The van der Waals surface area contributed by atoms with Gasteiger partial charge in [0.15, 0.2) is 8.07 Å². The molecule has 0 fully saturated rings. The molecule has 3 aromatic rings. The molecule has 14 heteroatoms. The van der Waals surface area contributed by atoms with Gasteiger partial charge >= 0.3 is 21.7 Å². The van der Waals surface area contributed by atoms with Gasteiger partial charge < -0.3 is 81.3 Å². The van der Waals surface area contributed by atoms with E-state index in [9.17, 15) is 0 Å².